The van der Waals surface area contributed by atoms with Gasteiger partial charge in [-0.3, -0.25) is 4.72 Å². The zero-order valence-corrected chi connectivity index (χ0v) is 14.4. The average molecular weight is 346 g/mol. The summed E-state index contributed by atoms with van der Waals surface area (Å²) in [5.41, 5.74) is 1.89. The van der Waals surface area contributed by atoms with Gasteiger partial charge in [0.15, 0.2) is 0 Å². The molecule has 0 aliphatic heterocycles. The van der Waals surface area contributed by atoms with E-state index in [-0.39, 0.29) is 4.90 Å². The lowest BCUT2D eigenvalue weighted by Gasteiger charge is -2.12. The monoisotopic (exact) mass is 345 g/mol. The van der Waals surface area contributed by atoms with E-state index in [1.807, 2.05) is 36.4 Å². The zero-order valence-electron chi connectivity index (χ0n) is 12.8. The Balaban J connectivity index is 2.01. The van der Waals surface area contributed by atoms with Crippen molar-refractivity contribution in [1.29, 1.82) is 0 Å². The van der Waals surface area contributed by atoms with Gasteiger partial charge in [0.05, 0.1) is 4.90 Å². The molecule has 0 unspecified atom stereocenters. The molecule has 3 rings (SSSR count). The molecule has 23 heavy (non-hydrogen) atoms. The molecule has 3 aromatic rings. The van der Waals surface area contributed by atoms with Crippen LogP contribution in [0.3, 0.4) is 0 Å². The SMILES string of the molecule is Cc1cc(S(=O)(=O)Nc2ccc3ccccc3c2)c(C)cc1Cl. The minimum absolute atomic E-state index is 0.243. The van der Waals surface area contributed by atoms with Crippen molar-refractivity contribution in [2.45, 2.75) is 18.7 Å². The summed E-state index contributed by atoms with van der Waals surface area (Å²) >= 11 is 6.05. The highest BCUT2D eigenvalue weighted by atomic mass is 35.5. The fraction of sp³-hybridized carbons (Fsp3) is 0.111. The number of hydrogen-bond donors (Lipinski definition) is 1. The zero-order chi connectivity index (χ0) is 16.6. The Kier molecular flexibility index (Phi) is 4.04. The maximum atomic E-state index is 12.7. The van der Waals surface area contributed by atoms with E-state index in [2.05, 4.69) is 4.72 Å². The molecule has 3 aromatic carbocycles. The molecule has 0 aliphatic carbocycles. The third-order valence-electron chi connectivity index (χ3n) is 3.75. The van der Waals surface area contributed by atoms with Crippen molar-refractivity contribution >= 4 is 38.1 Å². The molecule has 1 N–H and O–H groups in total. The predicted molar refractivity (Wildman–Crippen MR) is 95.7 cm³/mol. The van der Waals surface area contributed by atoms with Crippen LogP contribution >= 0.6 is 11.6 Å². The van der Waals surface area contributed by atoms with Crippen molar-refractivity contribution in [3.63, 3.8) is 0 Å². The number of rotatable bonds is 3. The first-order valence-corrected chi connectivity index (χ1v) is 9.01. The molecule has 0 radical (unpaired) electrons. The summed E-state index contributed by atoms with van der Waals surface area (Å²) in [5.74, 6) is 0. The van der Waals surface area contributed by atoms with Crippen LogP contribution in [0.1, 0.15) is 11.1 Å². The molecule has 0 fully saturated rings. The molecule has 3 nitrogen and oxygen atoms in total. The third-order valence-corrected chi connectivity index (χ3v) is 5.68. The normalized spacial score (nSPS) is 11.6. The molecule has 0 aromatic heterocycles. The lowest BCUT2D eigenvalue weighted by molar-refractivity contribution is 0.600. The largest absolute Gasteiger partial charge is 0.280 e. The van der Waals surface area contributed by atoms with Gasteiger partial charge in [0.25, 0.3) is 10.0 Å². The third kappa shape index (κ3) is 3.19. The number of benzene rings is 3. The van der Waals surface area contributed by atoms with Crippen LogP contribution in [0.2, 0.25) is 5.02 Å². The molecule has 0 saturated heterocycles. The average Bonchev–Trinajstić information content (AvgIpc) is 2.50. The Labute approximate surface area is 141 Å². The number of hydrogen-bond acceptors (Lipinski definition) is 2. The highest BCUT2D eigenvalue weighted by Gasteiger charge is 2.18. The minimum Gasteiger partial charge on any atom is -0.280 e. The molecule has 0 aliphatic rings. The van der Waals surface area contributed by atoms with Gasteiger partial charge >= 0.3 is 0 Å². The molecular weight excluding hydrogens is 330 g/mol. The van der Waals surface area contributed by atoms with Crippen LogP contribution in [0.5, 0.6) is 0 Å². The van der Waals surface area contributed by atoms with Crippen molar-refractivity contribution < 1.29 is 8.42 Å². The quantitative estimate of drug-likeness (QED) is 0.733. The van der Waals surface area contributed by atoms with Crippen LogP contribution in [-0.4, -0.2) is 8.42 Å². The summed E-state index contributed by atoms with van der Waals surface area (Å²) in [6.45, 7) is 3.52. The van der Waals surface area contributed by atoms with E-state index in [1.165, 1.54) is 0 Å². The van der Waals surface area contributed by atoms with E-state index in [0.717, 1.165) is 16.3 Å². The van der Waals surface area contributed by atoms with Crippen LogP contribution in [-0.2, 0) is 10.0 Å². The topological polar surface area (TPSA) is 46.2 Å². The first-order chi connectivity index (χ1) is 10.9. The van der Waals surface area contributed by atoms with Crippen molar-refractivity contribution in [2.24, 2.45) is 0 Å². The summed E-state index contributed by atoms with van der Waals surface area (Å²) in [7, 11) is -3.66. The van der Waals surface area contributed by atoms with E-state index in [4.69, 9.17) is 11.6 Å². The molecule has 0 amide bonds. The van der Waals surface area contributed by atoms with E-state index in [1.54, 1.807) is 32.0 Å². The number of anilines is 1. The van der Waals surface area contributed by atoms with Gasteiger partial charge in [-0.05, 0) is 60.0 Å². The Morgan fingerprint density at radius 3 is 2.30 bits per heavy atom. The molecule has 0 bridgehead atoms. The maximum Gasteiger partial charge on any atom is 0.262 e. The van der Waals surface area contributed by atoms with Crippen LogP contribution in [0.25, 0.3) is 10.8 Å². The van der Waals surface area contributed by atoms with Crippen LogP contribution in [0.15, 0.2) is 59.5 Å². The molecular formula is C18H16ClNO2S. The second kappa shape index (κ2) is 5.87. The summed E-state index contributed by atoms with van der Waals surface area (Å²) < 4.78 is 28.0. The van der Waals surface area contributed by atoms with Crippen molar-refractivity contribution in [2.75, 3.05) is 4.72 Å². The predicted octanol–water partition coefficient (Wildman–Crippen LogP) is 4.91. The number of halogens is 1. The number of fused-ring (bicyclic) bond motifs is 1. The van der Waals surface area contributed by atoms with Crippen LogP contribution in [0.4, 0.5) is 5.69 Å². The smallest absolute Gasteiger partial charge is 0.262 e. The Hall–Kier alpha value is -2.04. The Morgan fingerprint density at radius 2 is 1.57 bits per heavy atom. The van der Waals surface area contributed by atoms with Gasteiger partial charge < -0.3 is 0 Å². The Bertz CT molecular complexity index is 997. The molecule has 118 valence electrons. The lowest BCUT2D eigenvalue weighted by atomic mass is 10.1. The summed E-state index contributed by atoms with van der Waals surface area (Å²) in [6.07, 6.45) is 0. The van der Waals surface area contributed by atoms with Crippen molar-refractivity contribution in [3.8, 4) is 0 Å². The van der Waals surface area contributed by atoms with Gasteiger partial charge in [0, 0.05) is 10.7 Å². The molecule has 5 heteroatoms. The van der Waals surface area contributed by atoms with Gasteiger partial charge in [-0.1, -0.05) is 41.9 Å². The summed E-state index contributed by atoms with van der Waals surface area (Å²) in [6, 6.07) is 16.6. The number of nitrogens with one attached hydrogen (secondary N) is 1. The van der Waals surface area contributed by atoms with Gasteiger partial charge in [0.1, 0.15) is 0 Å². The first-order valence-electron chi connectivity index (χ1n) is 7.15. The molecule has 0 saturated carbocycles. The van der Waals surface area contributed by atoms with Gasteiger partial charge in [-0.2, -0.15) is 0 Å². The fourth-order valence-electron chi connectivity index (χ4n) is 2.51. The highest BCUT2D eigenvalue weighted by molar-refractivity contribution is 7.92. The standard InChI is InChI=1S/C18H16ClNO2S/c1-12-10-18(13(2)9-17(12)19)23(21,22)20-16-8-7-14-5-3-4-6-15(14)11-16/h3-11,20H,1-2H3. The van der Waals surface area contributed by atoms with Gasteiger partial charge in [-0.25, -0.2) is 8.42 Å². The van der Waals surface area contributed by atoms with Crippen LogP contribution in [0, 0.1) is 13.8 Å². The van der Waals surface area contributed by atoms with Crippen molar-refractivity contribution in [1.82, 2.24) is 0 Å². The second-order valence-electron chi connectivity index (χ2n) is 5.53. The fourth-order valence-corrected chi connectivity index (χ4v) is 4.09. The number of sulfonamides is 1. The maximum absolute atomic E-state index is 12.7. The van der Waals surface area contributed by atoms with E-state index >= 15 is 0 Å². The minimum atomic E-state index is -3.66. The summed E-state index contributed by atoms with van der Waals surface area (Å²) in [5, 5.41) is 2.61. The van der Waals surface area contributed by atoms with E-state index < -0.39 is 10.0 Å². The number of aryl methyl sites for hydroxylation is 2. The van der Waals surface area contributed by atoms with Crippen LogP contribution < -0.4 is 4.72 Å². The molecule has 0 heterocycles. The molecule has 0 spiro atoms. The Morgan fingerprint density at radius 1 is 0.870 bits per heavy atom. The van der Waals surface area contributed by atoms with E-state index in [0.29, 0.717) is 16.3 Å². The van der Waals surface area contributed by atoms with Crippen molar-refractivity contribution in [3.05, 3.63) is 70.7 Å². The van der Waals surface area contributed by atoms with Gasteiger partial charge in [0.2, 0.25) is 0 Å². The second-order valence-corrected chi connectivity index (χ2v) is 7.59. The van der Waals surface area contributed by atoms with Gasteiger partial charge in [-0.15, -0.1) is 0 Å². The lowest BCUT2D eigenvalue weighted by Crippen LogP contribution is -2.14. The summed E-state index contributed by atoms with van der Waals surface area (Å²) in [4.78, 5) is 0.243. The first kappa shape index (κ1) is 15.8. The van der Waals surface area contributed by atoms with E-state index in [9.17, 15) is 8.42 Å². The molecule has 0 atom stereocenters. The highest BCUT2D eigenvalue weighted by Crippen LogP contribution is 2.26.